The fourth-order valence-electron chi connectivity index (χ4n) is 0. The topological polar surface area (TPSA) is 60.7 Å². The molecule has 24 valence electrons. The maximum atomic E-state index is 7.51. The second-order valence-corrected chi connectivity index (χ2v) is 0.326. The van der Waals surface area contributed by atoms with E-state index in [1.807, 2.05) is 0 Å². The van der Waals surface area contributed by atoms with Gasteiger partial charge in [-0.05, 0) is 0 Å². The molecule has 0 heterocycles. The molecule has 0 unspecified atom stereocenters. The lowest BCUT2D eigenvalue weighted by molar-refractivity contribution is 0.278. The van der Waals surface area contributed by atoms with Crippen molar-refractivity contribution in [3.05, 3.63) is 0 Å². The van der Waals surface area contributed by atoms with Crippen LogP contribution in [0.3, 0.4) is 0 Å². The minimum Gasteiger partial charge on any atom is -0.402 e. The van der Waals surface area contributed by atoms with Crippen molar-refractivity contribution in [2.24, 2.45) is 0 Å². The zero-order valence-corrected chi connectivity index (χ0v) is 1.88. The van der Waals surface area contributed by atoms with Crippen LogP contribution < -0.4 is 0 Å². The molecule has 3 N–H and O–H groups in total. The van der Waals surface area contributed by atoms with Gasteiger partial charge >= 0.3 is 7.32 Å². The van der Waals surface area contributed by atoms with E-state index >= 15 is 0 Å². The Morgan fingerprint density at radius 3 is 2.00 bits per heavy atom. The molecule has 0 rings (SSSR count). The third-order valence-electron chi connectivity index (χ3n) is 0. The monoisotopic (exact) mass is 63.0 g/mol. The van der Waals surface area contributed by atoms with E-state index in [-0.39, 0.29) is 0 Å². The molecule has 0 spiro atoms. The molecule has 0 fully saturated rings. The van der Waals surface area contributed by atoms with E-state index in [9.17, 15) is 0 Å². The number of hydrogen-bond donors (Lipinski definition) is 3. The summed E-state index contributed by atoms with van der Waals surface area (Å²) in [6.07, 6.45) is 0. The predicted octanol–water partition coefficient (Wildman–Crippen LogP) is -2.05. The quantitative estimate of drug-likeness (QED) is 0.307. The van der Waals surface area contributed by atoms with E-state index in [0.29, 0.717) is 0 Å². The van der Waals surface area contributed by atoms with Gasteiger partial charge in [0, 0.05) is 0 Å². The van der Waals surface area contributed by atoms with Crippen molar-refractivity contribution < 1.29 is 15.1 Å². The van der Waals surface area contributed by atoms with E-state index in [1.54, 1.807) is 0 Å². The highest BCUT2D eigenvalue weighted by atomic mass is 16.5. The van der Waals surface area contributed by atoms with Gasteiger partial charge in [-0.25, -0.2) is 0 Å². The van der Waals surface area contributed by atoms with Crippen LogP contribution in [0.1, 0.15) is 0 Å². The highest BCUT2D eigenvalue weighted by molar-refractivity contribution is 6.30. The van der Waals surface area contributed by atoms with Crippen molar-refractivity contribution in [1.82, 2.24) is 0 Å². The Hall–Kier alpha value is -0.0551. The molecule has 0 amide bonds. The van der Waals surface area contributed by atoms with Gasteiger partial charge < -0.3 is 15.1 Å². The van der Waals surface area contributed by atoms with Gasteiger partial charge in [0.1, 0.15) is 0 Å². The Bertz CT molecular complexity index is 20.9. The standard InChI is InChI=1S/BH3O3/c2-1(3)4/h2-4H/i2D. The first kappa shape index (κ1) is 2.20. The maximum Gasteiger partial charge on any atom is 0.631 e. The summed E-state index contributed by atoms with van der Waals surface area (Å²) < 4.78 is 5.66. The van der Waals surface area contributed by atoms with Crippen LogP contribution in [0.25, 0.3) is 0 Å². The second-order valence-electron chi connectivity index (χ2n) is 0.326. The summed E-state index contributed by atoms with van der Waals surface area (Å²) in [6.45, 7) is 0. The Kier molecular flexibility index (Phi) is 0.706. The Labute approximate surface area is 25.2 Å². The van der Waals surface area contributed by atoms with Gasteiger partial charge in [0.2, 0.25) is 0 Å². The van der Waals surface area contributed by atoms with Crippen LogP contribution in [-0.4, -0.2) is 23.8 Å². The molecule has 0 aromatic carbocycles. The molecular formula is H3BO3. The van der Waals surface area contributed by atoms with Gasteiger partial charge in [-0.2, -0.15) is 0 Å². The fourth-order valence-corrected chi connectivity index (χ4v) is 0. The molecule has 0 aromatic rings. The summed E-state index contributed by atoms with van der Waals surface area (Å²) in [7, 11) is -1.95. The zero-order valence-electron chi connectivity index (χ0n) is 2.88. The van der Waals surface area contributed by atoms with Crippen molar-refractivity contribution in [3.63, 3.8) is 0 Å². The third kappa shape index (κ3) is 573. The summed E-state index contributed by atoms with van der Waals surface area (Å²) in [6, 6.07) is 0. The molecule has 4 heavy (non-hydrogen) atoms. The van der Waals surface area contributed by atoms with Crippen LogP contribution in [0.4, 0.5) is 0 Å². The molecule has 0 saturated carbocycles. The highest BCUT2D eigenvalue weighted by Crippen LogP contribution is 1.40. The van der Waals surface area contributed by atoms with Crippen LogP contribution in [0, 0.1) is 0 Å². The van der Waals surface area contributed by atoms with Crippen molar-refractivity contribution in [2.75, 3.05) is 0 Å². The van der Waals surface area contributed by atoms with Crippen molar-refractivity contribution in [1.29, 1.82) is 1.43 Å². The van der Waals surface area contributed by atoms with E-state index in [2.05, 4.69) is 5.03 Å². The van der Waals surface area contributed by atoms with E-state index in [0.717, 1.165) is 0 Å². The van der Waals surface area contributed by atoms with E-state index in [1.165, 1.54) is 0 Å². The molecule has 4 heteroatoms. The molecular weight excluding hydrogens is 58.8 g/mol. The minimum absolute atomic E-state index is 1.95. The first-order valence-corrected chi connectivity index (χ1v) is 0.752. The van der Waals surface area contributed by atoms with Crippen molar-refractivity contribution in [3.8, 4) is 0 Å². The summed E-state index contributed by atoms with van der Waals surface area (Å²) in [5.41, 5.74) is 0. The SMILES string of the molecule is [2H]OB(O)O. The fraction of sp³-hybridized carbons (Fsp3) is 0. The molecule has 0 aliphatic heterocycles. The average molecular weight is 62.8 g/mol. The predicted molar refractivity (Wildman–Crippen MR) is 12.4 cm³/mol. The smallest absolute Gasteiger partial charge is 0.402 e. The lowest BCUT2D eigenvalue weighted by Gasteiger charge is -1.69. The molecule has 3 nitrogen and oxygen atoms in total. The summed E-state index contributed by atoms with van der Waals surface area (Å²) in [4.78, 5) is 0. The van der Waals surface area contributed by atoms with E-state index < -0.39 is 7.32 Å². The van der Waals surface area contributed by atoms with Crippen LogP contribution in [0.15, 0.2) is 0 Å². The minimum atomic E-state index is -1.95. The van der Waals surface area contributed by atoms with Gasteiger partial charge in [0.15, 0.2) is 1.43 Å². The van der Waals surface area contributed by atoms with Crippen LogP contribution in [0.2, 0.25) is 0 Å². The first-order valence-electron chi connectivity index (χ1n) is 1.16. The molecule has 0 atom stereocenters. The van der Waals surface area contributed by atoms with E-state index in [4.69, 9.17) is 11.5 Å². The number of hydrogen-bond acceptors (Lipinski definition) is 3. The van der Waals surface area contributed by atoms with Crippen LogP contribution >= 0.6 is 0 Å². The normalized spacial score (nSPS) is 10.0. The first-order chi connectivity index (χ1) is 2.27. The lowest BCUT2D eigenvalue weighted by Crippen LogP contribution is -2.07. The summed E-state index contributed by atoms with van der Waals surface area (Å²) >= 11 is 0. The van der Waals surface area contributed by atoms with Gasteiger partial charge in [-0.3, -0.25) is 0 Å². The van der Waals surface area contributed by atoms with Crippen LogP contribution in [0.5, 0.6) is 0 Å². The molecule has 0 aliphatic carbocycles. The Morgan fingerprint density at radius 1 is 1.75 bits per heavy atom. The zero-order chi connectivity index (χ0) is 4.28. The molecule has 0 radical (unpaired) electrons. The maximum absolute atomic E-state index is 7.51. The third-order valence-corrected chi connectivity index (χ3v) is 0. The molecule has 0 saturated heterocycles. The van der Waals surface area contributed by atoms with Crippen LogP contribution in [-0.2, 0) is 0 Å². The van der Waals surface area contributed by atoms with Crippen molar-refractivity contribution >= 4 is 7.32 Å². The van der Waals surface area contributed by atoms with Gasteiger partial charge in [0.05, 0.1) is 0 Å². The average Bonchev–Trinajstić information content (AvgIpc) is 1.38. The highest BCUT2D eigenvalue weighted by Gasteiger charge is 1.92. The molecule has 0 aromatic heterocycles. The van der Waals surface area contributed by atoms with Gasteiger partial charge in [-0.1, -0.05) is 0 Å². The second kappa shape index (κ2) is 1.28. The summed E-state index contributed by atoms with van der Waals surface area (Å²) in [5.74, 6) is 0. The Morgan fingerprint density at radius 2 is 2.00 bits per heavy atom. The number of rotatable bonds is 1. The molecule has 0 bridgehead atoms. The largest absolute Gasteiger partial charge is 0.631 e. The van der Waals surface area contributed by atoms with Crippen molar-refractivity contribution in [2.45, 2.75) is 0 Å². The van der Waals surface area contributed by atoms with Gasteiger partial charge in [0.25, 0.3) is 0 Å². The Balaban J connectivity index is 2.54. The molecule has 0 aliphatic rings. The van der Waals surface area contributed by atoms with Gasteiger partial charge in [-0.15, -0.1) is 0 Å². The lowest BCUT2D eigenvalue weighted by atomic mass is 10.3. The summed E-state index contributed by atoms with van der Waals surface area (Å²) in [5, 5.41) is 18.1.